The summed E-state index contributed by atoms with van der Waals surface area (Å²) in [6.45, 7) is 6.44. The smallest absolute Gasteiger partial charge is 0.250 e. The Morgan fingerprint density at radius 1 is 1.17 bits per heavy atom. The van der Waals surface area contributed by atoms with Crippen LogP contribution in [0.5, 0.6) is 0 Å². The number of tetrazole rings is 1. The van der Waals surface area contributed by atoms with Crippen LogP contribution in [-0.4, -0.2) is 51.8 Å². The van der Waals surface area contributed by atoms with Crippen LogP contribution in [0, 0.1) is 6.92 Å². The van der Waals surface area contributed by atoms with Crippen LogP contribution in [0.4, 0.5) is 5.95 Å². The number of rotatable bonds is 2. The third-order valence-corrected chi connectivity index (χ3v) is 4.54. The summed E-state index contributed by atoms with van der Waals surface area (Å²) < 4.78 is 13.6. The molecule has 1 aromatic carbocycles. The highest BCUT2D eigenvalue weighted by atomic mass is 16.7. The van der Waals surface area contributed by atoms with E-state index in [-0.39, 0.29) is 6.10 Å². The van der Waals surface area contributed by atoms with Crippen molar-refractivity contribution in [3.8, 4) is 5.69 Å². The lowest BCUT2D eigenvalue weighted by Gasteiger charge is -2.37. The minimum Gasteiger partial charge on any atom is -0.347 e. The number of aryl methyl sites for hydroxylation is 1. The number of benzene rings is 1. The number of anilines is 1. The van der Waals surface area contributed by atoms with Crippen molar-refractivity contribution in [2.75, 3.05) is 24.6 Å². The Bertz CT molecular complexity index is 676. The lowest BCUT2D eigenvalue weighted by Crippen LogP contribution is -2.46. The number of hydrogen-bond acceptors (Lipinski definition) is 6. The summed E-state index contributed by atoms with van der Waals surface area (Å²) in [6, 6.07) is 8.19. The van der Waals surface area contributed by atoms with Crippen molar-refractivity contribution < 1.29 is 9.47 Å². The van der Waals surface area contributed by atoms with Crippen molar-refractivity contribution in [3.05, 3.63) is 29.8 Å². The minimum absolute atomic E-state index is 0.180. The Kier molecular flexibility index (Phi) is 3.54. The zero-order valence-electron chi connectivity index (χ0n) is 13.5. The lowest BCUT2D eigenvalue weighted by molar-refractivity contribution is -0.178. The van der Waals surface area contributed by atoms with E-state index >= 15 is 0 Å². The van der Waals surface area contributed by atoms with Crippen LogP contribution in [0.25, 0.3) is 5.69 Å². The fourth-order valence-electron chi connectivity index (χ4n) is 3.25. The molecule has 2 aliphatic rings. The maximum atomic E-state index is 5.98. The van der Waals surface area contributed by atoms with Crippen molar-refractivity contribution in [1.82, 2.24) is 20.2 Å². The summed E-state index contributed by atoms with van der Waals surface area (Å²) >= 11 is 0. The van der Waals surface area contributed by atoms with Crippen molar-refractivity contribution in [1.29, 1.82) is 0 Å². The van der Waals surface area contributed by atoms with Gasteiger partial charge in [-0.2, -0.15) is 4.68 Å². The molecule has 7 nitrogen and oxygen atoms in total. The first-order valence-corrected chi connectivity index (χ1v) is 8.07. The number of hydrogen-bond donors (Lipinski definition) is 0. The van der Waals surface area contributed by atoms with Crippen LogP contribution in [0.3, 0.4) is 0 Å². The van der Waals surface area contributed by atoms with Crippen molar-refractivity contribution in [2.24, 2.45) is 0 Å². The molecule has 1 atom stereocenters. The average Bonchev–Trinajstić information content (AvgIpc) is 3.17. The summed E-state index contributed by atoms with van der Waals surface area (Å²) in [4.78, 5) is 2.20. The normalized spacial score (nSPS) is 23.6. The molecular weight excluding hydrogens is 294 g/mol. The van der Waals surface area contributed by atoms with Crippen molar-refractivity contribution >= 4 is 5.95 Å². The summed E-state index contributed by atoms with van der Waals surface area (Å²) in [5.74, 6) is 0.368. The van der Waals surface area contributed by atoms with E-state index in [4.69, 9.17) is 9.47 Å². The molecule has 1 spiro atoms. The van der Waals surface area contributed by atoms with Crippen LogP contribution < -0.4 is 4.90 Å². The first-order valence-electron chi connectivity index (χ1n) is 8.07. The standard InChI is InChI=1S/C16H21N5O2/c1-12-3-5-14(6-4-12)21-15(17-18-19-21)20-9-7-16(8-10-20)22-11-13(2)23-16/h3-6,13H,7-11H2,1-2H3. The first-order chi connectivity index (χ1) is 11.2. The van der Waals surface area contributed by atoms with E-state index in [1.165, 1.54) is 5.56 Å². The summed E-state index contributed by atoms with van der Waals surface area (Å²) in [6.07, 6.45) is 1.84. The van der Waals surface area contributed by atoms with E-state index in [9.17, 15) is 0 Å². The van der Waals surface area contributed by atoms with E-state index < -0.39 is 5.79 Å². The molecule has 0 aliphatic carbocycles. The highest BCUT2D eigenvalue weighted by Crippen LogP contribution is 2.35. The fraction of sp³-hybridized carbons (Fsp3) is 0.562. The fourth-order valence-corrected chi connectivity index (χ4v) is 3.25. The zero-order chi connectivity index (χ0) is 15.9. The van der Waals surface area contributed by atoms with E-state index in [0.717, 1.165) is 37.6 Å². The third kappa shape index (κ3) is 2.70. The van der Waals surface area contributed by atoms with Gasteiger partial charge in [0.15, 0.2) is 5.79 Å². The molecule has 7 heteroatoms. The molecule has 0 radical (unpaired) electrons. The summed E-state index contributed by atoms with van der Waals surface area (Å²) in [5.41, 5.74) is 2.19. The number of ether oxygens (including phenoxy) is 2. The van der Waals surface area contributed by atoms with E-state index in [1.54, 1.807) is 4.68 Å². The molecule has 2 fully saturated rings. The van der Waals surface area contributed by atoms with Crippen LogP contribution in [-0.2, 0) is 9.47 Å². The third-order valence-electron chi connectivity index (χ3n) is 4.54. The van der Waals surface area contributed by atoms with Gasteiger partial charge in [0.25, 0.3) is 0 Å². The molecule has 0 amide bonds. The Morgan fingerprint density at radius 3 is 2.57 bits per heavy atom. The Morgan fingerprint density at radius 2 is 1.91 bits per heavy atom. The monoisotopic (exact) mass is 315 g/mol. The van der Waals surface area contributed by atoms with Crippen LogP contribution >= 0.6 is 0 Å². The van der Waals surface area contributed by atoms with Gasteiger partial charge >= 0.3 is 0 Å². The lowest BCUT2D eigenvalue weighted by atomic mass is 10.0. The largest absolute Gasteiger partial charge is 0.347 e. The Labute approximate surface area is 135 Å². The molecular formula is C16H21N5O2. The second-order valence-electron chi connectivity index (χ2n) is 6.36. The number of nitrogens with zero attached hydrogens (tertiary/aromatic N) is 5. The SMILES string of the molecule is Cc1ccc(-n2nnnc2N2CCC3(CC2)OCC(C)O3)cc1. The van der Waals surface area contributed by atoms with Crippen molar-refractivity contribution in [3.63, 3.8) is 0 Å². The van der Waals surface area contributed by atoms with Gasteiger partial charge in [0.1, 0.15) is 0 Å². The van der Waals surface area contributed by atoms with Crippen LogP contribution in [0.2, 0.25) is 0 Å². The van der Waals surface area contributed by atoms with Gasteiger partial charge in [-0.25, -0.2) is 0 Å². The topological polar surface area (TPSA) is 65.3 Å². The molecule has 122 valence electrons. The van der Waals surface area contributed by atoms with Gasteiger partial charge in [0.2, 0.25) is 5.95 Å². The maximum absolute atomic E-state index is 5.98. The quantitative estimate of drug-likeness (QED) is 0.840. The number of piperidine rings is 1. The minimum atomic E-state index is -0.405. The van der Waals surface area contributed by atoms with Gasteiger partial charge in [0.05, 0.1) is 18.4 Å². The van der Waals surface area contributed by atoms with E-state index in [0.29, 0.717) is 6.61 Å². The van der Waals surface area contributed by atoms with Crippen molar-refractivity contribution in [2.45, 2.75) is 38.6 Å². The molecule has 2 saturated heterocycles. The molecule has 0 bridgehead atoms. The van der Waals surface area contributed by atoms with Crippen LogP contribution in [0.1, 0.15) is 25.3 Å². The van der Waals surface area contributed by atoms with E-state index in [1.807, 2.05) is 12.1 Å². The Balaban J connectivity index is 1.52. The van der Waals surface area contributed by atoms with Crippen LogP contribution in [0.15, 0.2) is 24.3 Å². The zero-order valence-corrected chi connectivity index (χ0v) is 13.5. The second kappa shape index (κ2) is 5.58. The number of aromatic nitrogens is 4. The molecule has 2 aromatic rings. The highest BCUT2D eigenvalue weighted by Gasteiger charge is 2.43. The van der Waals surface area contributed by atoms with Gasteiger partial charge in [-0.3, -0.25) is 0 Å². The highest BCUT2D eigenvalue weighted by molar-refractivity contribution is 5.42. The molecule has 1 aromatic heterocycles. The summed E-state index contributed by atoms with van der Waals surface area (Å²) in [7, 11) is 0. The van der Waals surface area contributed by atoms with Gasteiger partial charge in [-0.05, 0) is 36.4 Å². The molecule has 4 rings (SSSR count). The maximum Gasteiger partial charge on any atom is 0.250 e. The molecule has 0 N–H and O–H groups in total. The molecule has 0 saturated carbocycles. The van der Waals surface area contributed by atoms with E-state index in [2.05, 4.69) is 46.4 Å². The average molecular weight is 315 g/mol. The van der Waals surface area contributed by atoms with Gasteiger partial charge in [0, 0.05) is 25.9 Å². The first kappa shape index (κ1) is 14.6. The van der Waals surface area contributed by atoms with Gasteiger partial charge < -0.3 is 14.4 Å². The molecule has 23 heavy (non-hydrogen) atoms. The predicted octanol–water partition coefficient (Wildman–Crippen LogP) is 1.70. The Hall–Kier alpha value is -1.99. The van der Waals surface area contributed by atoms with Gasteiger partial charge in [-0.1, -0.05) is 22.8 Å². The molecule has 3 heterocycles. The van der Waals surface area contributed by atoms with Gasteiger partial charge in [-0.15, -0.1) is 0 Å². The molecule has 1 unspecified atom stereocenters. The predicted molar refractivity (Wildman–Crippen MR) is 84.6 cm³/mol. The summed E-state index contributed by atoms with van der Waals surface area (Å²) in [5, 5.41) is 12.2. The second-order valence-corrected chi connectivity index (χ2v) is 6.36. The molecule has 2 aliphatic heterocycles.